The van der Waals surface area contributed by atoms with Crippen LogP contribution in [0, 0.1) is 6.92 Å². The molecule has 3 atom stereocenters. The van der Waals surface area contributed by atoms with E-state index < -0.39 is 29.0 Å². The SMILES string of the molecule is Cc1c(C(=O)C(=O)NC2(/C=C/N)CC2)c2n(c1C(=O)Nc1ccc(P)c(C(F)P)c1)CCC2. The predicted octanol–water partition coefficient (Wildman–Crippen LogP) is 2.64. The van der Waals surface area contributed by atoms with Crippen molar-refractivity contribution in [2.45, 2.75) is 50.6 Å². The summed E-state index contributed by atoms with van der Waals surface area (Å²) >= 11 is 0. The maximum atomic E-state index is 13.9. The molecule has 2 amide bonds. The topological polar surface area (TPSA) is 106 Å². The summed E-state index contributed by atoms with van der Waals surface area (Å²) in [4.78, 5) is 39.1. The molecule has 1 aliphatic carbocycles. The molecule has 2 aromatic rings. The monoisotopic (exact) mass is 488 g/mol. The quantitative estimate of drug-likeness (QED) is 0.317. The van der Waals surface area contributed by atoms with Gasteiger partial charge in [-0.2, -0.15) is 0 Å². The van der Waals surface area contributed by atoms with Crippen LogP contribution >= 0.6 is 18.5 Å². The van der Waals surface area contributed by atoms with E-state index in [9.17, 15) is 18.8 Å². The van der Waals surface area contributed by atoms with Crippen LogP contribution in [0.4, 0.5) is 10.1 Å². The first-order chi connectivity index (χ1) is 15.7. The molecular weight excluding hydrogens is 461 g/mol. The fourth-order valence-corrected chi connectivity index (χ4v) is 5.26. The number of nitrogens with two attached hydrogens (primary N) is 1. The maximum Gasteiger partial charge on any atom is 0.293 e. The number of hydrogen-bond acceptors (Lipinski definition) is 4. The first-order valence-electron chi connectivity index (χ1n) is 10.8. The molecule has 174 valence electrons. The lowest BCUT2D eigenvalue weighted by Gasteiger charge is -2.13. The van der Waals surface area contributed by atoms with Gasteiger partial charge in [0.2, 0.25) is 0 Å². The average Bonchev–Trinajstić information content (AvgIpc) is 3.23. The van der Waals surface area contributed by atoms with E-state index >= 15 is 0 Å². The lowest BCUT2D eigenvalue weighted by molar-refractivity contribution is -0.117. The van der Waals surface area contributed by atoms with E-state index in [1.165, 1.54) is 6.20 Å². The fraction of sp³-hybridized carbons (Fsp3) is 0.348. The minimum atomic E-state index is -1.26. The van der Waals surface area contributed by atoms with E-state index in [0.29, 0.717) is 46.5 Å². The molecule has 1 fully saturated rings. The number of fused-ring (bicyclic) bond motifs is 1. The van der Waals surface area contributed by atoms with Gasteiger partial charge in [0.05, 0.1) is 11.1 Å². The number of aromatic nitrogens is 1. The van der Waals surface area contributed by atoms with Gasteiger partial charge in [-0.3, -0.25) is 14.4 Å². The minimum Gasteiger partial charge on any atom is -0.405 e. The zero-order valence-corrected chi connectivity index (χ0v) is 20.6. The number of amides is 2. The molecule has 1 aromatic carbocycles. The number of carbonyl (C=O) groups is 3. The van der Waals surface area contributed by atoms with E-state index in [0.717, 1.165) is 19.3 Å². The Morgan fingerprint density at radius 1 is 1.30 bits per heavy atom. The summed E-state index contributed by atoms with van der Waals surface area (Å²) in [5.41, 5.74) is 7.61. The average molecular weight is 488 g/mol. The van der Waals surface area contributed by atoms with Gasteiger partial charge in [-0.15, -0.1) is 9.24 Å². The zero-order valence-electron chi connectivity index (χ0n) is 18.3. The van der Waals surface area contributed by atoms with Crippen molar-refractivity contribution < 1.29 is 18.8 Å². The second-order valence-corrected chi connectivity index (χ2v) is 9.76. The van der Waals surface area contributed by atoms with Crippen molar-refractivity contribution in [3.05, 3.63) is 58.6 Å². The van der Waals surface area contributed by atoms with Gasteiger partial charge in [0.15, 0.2) is 0 Å². The van der Waals surface area contributed by atoms with Crippen LogP contribution in [0.15, 0.2) is 30.5 Å². The summed E-state index contributed by atoms with van der Waals surface area (Å²) < 4.78 is 15.7. The molecule has 0 bridgehead atoms. The highest BCUT2D eigenvalue weighted by Gasteiger charge is 2.43. The number of Topliss-reactive ketones (excluding diaryl/α,β-unsaturated/α-hetero) is 1. The highest BCUT2D eigenvalue weighted by Crippen LogP contribution is 2.37. The Balaban J connectivity index is 1.63. The molecule has 2 heterocycles. The number of halogens is 1. The van der Waals surface area contributed by atoms with Crippen LogP contribution in [0.1, 0.15) is 62.8 Å². The van der Waals surface area contributed by atoms with Crippen LogP contribution in [-0.2, 0) is 17.8 Å². The number of carbonyl (C=O) groups excluding carboxylic acids is 3. The summed E-state index contributed by atoms with van der Waals surface area (Å²) in [6.07, 6.45) is 5.91. The molecule has 4 N–H and O–H groups in total. The first-order valence-corrected chi connectivity index (χ1v) is 12.0. The van der Waals surface area contributed by atoms with Gasteiger partial charge in [-0.05, 0) is 73.4 Å². The fourth-order valence-electron chi connectivity index (χ4n) is 4.44. The van der Waals surface area contributed by atoms with Gasteiger partial charge in [0, 0.05) is 17.9 Å². The Morgan fingerprint density at radius 2 is 2.03 bits per heavy atom. The number of alkyl halides is 1. The summed E-state index contributed by atoms with van der Waals surface area (Å²) in [5.74, 6) is -3.01. The van der Waals surface area contributed by atoms with Gasteiger partial charge in [-0.25, -0.2) is 4.39 Å². The molecule has 0 radical (unpaired) electrons. The molecule has 0 saturated heterocycles. The van der Waals surface area contributed by atoms with E-state index in [1.807, 2.05) is 4.57 Å². The summed E-state index contributed by atoms with van der Waals surface area (Å²) in [5, 5.41) is 6.30. The van der Waals surface area contributed by atoms with Crippen LogP contribution < -0.4 is 21.7 Å². The van der Waals surface area contributed by atoms with Gasteiger partial charge in [0.1, 0.15) is 11.6 Å². The first kappa shape index (κ1) is 23.6. The minimum absolute atomic E-state index is 0.289. The lowest BCUT2D eigenvalue weighted by Crippen LogP contribution is -2.40. The van der Waals surface area contributed by atoms with E-state index in [4.69, 9.17) is 5.73 Å². The van der Waals surface area contributed by atoms with E-state index in [-0.39, 0.29) is 5.56 Å². The Bertz CT molecular complexity index is 1180. The smallest absolute Gasteiger partial charge is 0.293 e. The van der Waals surface area contributed by atoms with Crippen molar-refractivity contribution >= 4 is 47.1 Å². The number of nitrogens with one attached hydrogen (secondary N) is 2. The van der Waals surface area contributed by atoms with Crippen molar-refractivity contribution in [3.8, 4) is 0 Å². The number of benzene rings is 1. The van der Waals surface area contributed by atoms with Crippen LogP contribution in [-0.4, -0.2) is 27.7 Å². The Kier molecular flexibility index (Phi) is 6.43. The van der Waals surface area contributed by atoms with Gasteiger partial charge in [0.25, 0.3) is 17.6 Å². The molecule has 3 unspecified atom stereocenters. The Morgan fingerprint density at radius 3 is 2.67 bits per heavy atom. The van der Waals surface area contributed by atoms with Crippen molar-refractivity contribution in [1.29, 1.82) is 0 Å². The third kappa shape index (κ3) is 4.47. The predicted molar refractivity (Wildman–Crippen MR) is 133 cm³/mol. The Labute approximate surface area is 196 Å². The van der Waals surface area contributed by atoms with Crippen molar-refractivity contribution in [1.82, 2.24) is 9.88 Å². The highest BCUT2D eigenvalue weighted by molar-refractivity contribution is 7.27. The molecular formula is C23H27FN4O3P2. The second kappa shape index (κ2) is 9.00. The van der Waals surface area contributed by atoms with Crippen molar-refractivity contribution in [2.75, 3.05) is 5.32 Å². The molecule has 7 nitrogen and oxygen atoms in total. The second-order valence-electron chi connectivity index (χ2n) is 8.55. The van der Waals surface area contributed by atoms with Gasteiger partial charge in [-0.1, -0.05) is 15.3 Å². The summed E-state index contributed by atoms with van der Waals surface area (Å²) in [7, 11) is 4.57. The van der Waals surface area contributed by atoms with E-state index in [1.54, 1.807) is 31.2 Å². The van der Waals surface area contributed by atoms with Crippen LogP contribution in [0.5, 0.6) is 0 Å². The third-order valence-corrected chi connectivity index (χ3v) is 7.15. The number of anilines is 1. The lowest BCUT2D eigenvalue weighted by atomic mass is 10.0. The molecule has 10 heteroatoms. The molecule has 33 heavy (non-hydrogen) atoms. The standard InChI is InChI=1S/C23H27FN4O3P2/c1-12-17(19(29)22(31)27-23(6-7-23)8-9-25)15-3-2-10-28(15)18(12)21(30)26-13-4-5-16(32)14(11-13)20(24)33/h4-5,8-9,11,20H,2-3,6-7,10,25,32-33H2,1H3,(H,26,30)(H,27,31)/b9-8+. The highest BCUT2D eigenvalue weighted by atomic mass is 31.0. The van der Waals surface area contributed by atoms with Gasteiger partial charge >= 0.3 is 0 Å². The molecule has 1 aromatic heterocycles. The number of ketones is 1. The molecule has 2 aliphatic rings. The van der Waals surface area contributed by atoms with Gasteiger partial charge < -0.3 is 20.9 Å². The molecule has 4 rings (SSSR count). The number of nitrogens with zero attached hydrogens (tertiary/aromatic N) is 1. The summed E-state index contributed by atoms with van der Waals surface area (Å²) in [6, 6.07) is 4.99. The number of hydrogen-bond donors (Lipinski definition) is 3. The maximum absolute atomic E-state index is 13.9. The van der Waals surface area contributed by atoms with E-state index in [2.05, 4.69) is 29.1 Å². The molecule has 1 aliphatic heterocycles. The van der Waals surface area contributed by atoms with Crippen molar-refractivity contribution in [3.63, 3.8) is 0 Å². The molecule has 0 spiro atoms. The number of rotatable bonds is 7. The van der Waals surface area contributed by atoms with Crippen LogP contribution in [0.3, 0.4) is 0 Å². The molecule has 1 saturated carbocycles. The normalized spacial score (nSPS) is 17.0. The third-order valence-electron chi connectivity index (χ3n) is 6.27. The summed E-state index contributed by atoms with van der Waals surface area (Å²) in [6.45, 7) is 2.27. The van der Waals surface area contributed by atoms with Crippen LogP contribution in [0.25, 0.3) is 0 Å². The Hall–Kier alpha value is -2.56. The van der Waals surface area contributed by atoms with Crippen molar-refractivity contribution in [2.24, 2.45) is 5.73 Å². The van der Waals surface area contributed by atoms with Crippen LogP contribution in [0.2, 0.25) is 0 Å². The zero-order chi connectivity index (χ0) is 23.9. The largest absolute Gasteiger partial charge is 0.405 e.